The van der Waals surface area contributed by atoms with Gasteiger partial charge in [-0.1, -0.05) is 54.2 Å². The molecule has 1 aliphatic rings. The summed E-state index contributed by atoms with van der Waals surface area (Å²) >= 11 is 1.34. The number of para-hydroxylation sites is 2. The largest absolute Gasteiger partial charge is 0.489 e. The van der Waals surface area contributed by atoms with Gasteiger partial charge in [0.25, 0.3) is 0 Å². The summed E-state index contributed by atoms with van der Waals surface area (Å²) in [5.41, 5.74) is 1.85. The molecule has 3 aromatic rings. The smallest absolute Gasteiger partial charge is 0.238 e. The number of anilines is 1. The maximum absolute atomic E-state index is 13.1. The monoisotopic (exact) mass is 363 g/mol. The Balaban J connectivity index is 1.63. The van der Waals surface area contributed by atoms with Crippen LogP contribution in [0.15, 0.2) is 78.2 Å². The first kappa shape index (κ1) is 16.6. The van der Waals surface area contributed by atoms with Gasteiger partial charge in [0.05, 0.1) is 17.5 Å². The van der Waals surface area contributed by atoms with E-state index in [1.54, 1.807) is 18.5 Å². The Morgan fingerprint density at radius 2 is 1.77 bits per heavy atom. The molecule has 130 valence electrons. The van der Waals surface area contributed by atoms with Crippen molar-refractivity contribution in [3.05, 3.63) is 78.6 Å². The molecule has 2 heterocycles. The number of hydrogen-bond acceptors (Lipinski definition) is 5. The number of thioether (sulfide) groups is 1. The summed E-state index contributed by atoms with van der Waals surface area (Å²) in [5.74, 6) is 1.00. The molecule has 0 saturated carbocycles. The topological polar surface area (TPSA) is 55.3 Å². The minimum atomic E-state index is -0.157. The lowest BCUT2D eigenvalue weighted by atomic mass is 10.0. The highest BCUT2D eigenvalue weighted by molar-refractivity contribution is 7.99. The minimum absolute atomic E-state index is 0.00653. The molecule has 0 N–H and O–H groups in total. The molecule has 1 amide bonds. The summed E-state index contributed by atoms with van der Waals surface area (Å²) in [6.07, 6.45) is 3.35. The van der Waals surface area contributed by atoms with E-state index in [0.29, 0.717) is 11.8 Å². The number of nitrogens with zero attached hydrogens (tertiary/aromatic N) is 3. The first-order chi connectivity index (χ1) is 12.8. The molecule has 0 bridgehead atoms. The molecule has 0 saturated heterocycles. The molecule has 1 aliphatic heterocycles. The number of hydrogen-bond donors (Lipinski definition) is 0. The fraction of sp³-hybridized carbons (Fsp3) is 0.150. The number of benzene rings is 2. The van der Waals surface area contributed by atoms with Gasteiger partial charge in [0.2, 0.25) is 5.91 Å². The number of rotatable bonds is 4. The van der Waals surface area contributed by atoms with Crippen molar-refractivity contribution < 1.29 is 9.53 Å². The van der Waals surface area contributed by atoms with E-state index in [2.05, 4.69) is 9.97 Å². The van der Waals surface area contributed by atoms with Gasteiger partial charge < -0.3 is 4.74 Å². The van der Waals surface area contributed by atoms with Crippen molar-refractivity contribution in [3.63, 3.8) is 0 Å². The first-order valence-corrected chi connectivity index (χ1v) is 9.30. The van der Waals surface area contributed by atoms with Gasteiger partial charge in [-0.25, -0.2) is 9.97 Å². The molecule has 1 atom stereocenters. The summed E-state index contributed by atoms with van der Waals surface area (Å²) in [4.78, 5) is 23.3. The van der Waals surface area contributed by atoms with Gasteiger partial charge in [-0.2, -0.15) is 0 Å². The molecular formula is C20H17N3O2S. The fourth-order valence-electron chi connectivity index (χ4n) is 2.97. The second kappa shape index (κ2) is 7.58. The highest BCUT2D eigenvalue weighted by Crippen LogP contribution is 2.39. The Hall–Kier alpha value is -2.86. The second-order valence-corrected chi connectivity index (χ2v) is 6.73. The SMILES string of the molecule is O=C(CSc1ncccn1)N1c2ccccc2OC[C@H]1c1ccccc1. The molecule has 2 aromatic carbocycles. The van der Waals surface area contributed by atoms with E-state index in [1.165, 1.54) is 11.8 Å². The van der Waals surface area contributed by atoms with Crippen molar-refractivity contribution in [2.75, 3.05) is 17.3 Å². The molecule has 6 heteroatoms. The van der Waals surface area contributed by atoms with Crippen molar-refractivity contribution in [1.29, 1.82) is 0 Å². The van der Waals surface area contributed by atoms with Crippen LogP contribution in [0, 0.1) is 0 Å². The van der Waals surface area contributed by atoms with Crippen molar-refractivity contribution in [3.8, 4) is 5.75 Å². The van der Waals surface area contributed by atoms with Crippen LogP contribution in [0.3, 0.4) is 0 Å². The minimum Gasteiger partial charge on any atom is -0.489 e. The third kappa shape index (κ3) is 3.41. The zero-order valence-corrected chi connectivity index (χ0v) is 14.8. The van der Waals surface area contributed by atoms with E-state index in [0.717, 1.165) is 17.0 Å². The maximum Gasteiger partial charge on any atom is 0.238 e. The highest BCUT2D eigenvalue weighted by Gasteiger charge is 2.33. The van der Waals surface area contributed by atoms with Crippen LogP contribution in [0.2, 0.25) is 0 Å². The Morgan fingerprint density at radius 3 is 2.58 bits per heavy atom. The number of carbonyl (C=O) groups is 1. The summed E-state index contributed by atoms with van der Waals surface area (Å²) in [7, 11) is 0. The zero-order chi connectivity index (χ0) is 17.8. The van der Waals surface area contributed by atoms with Crippen molar-refractivity contribution in [2.45, 2.75) is 11.2 Å². The van der Waals surface area contributed by atoms with Gasteiger partial charge in [-0.15, -0.1) is 0 Å². The number of aromatic nitrogens is 2. The van der Waals surface area contributed by atoms with Crippen LogP contribution in [0.5, 0.6) is 5.75 Å². The van der Waals surface area contributed by atoms with Crippen LogP contribution < -0.4 is 9.64 Å². The molecule has 4 rings (SSSR count). The summed E-state index contributed by atoms with van der Waals surface area (Å²) in [6.45, 7) is 0.430. The van der Waals surface area contributed by atoms with Crippen LogP contribution >= 0.6 is 11.8 Å². The third-order valence-electron chi connectivity index (χ3n) is 4.15. The molecular weight excluding hydrogens is 346 g/mol. The Kier molecular flexibility index (Phi) is 4.84. The normalized spacial score (nSPS) is 15.8. The average molecular weight is 363 g/mol. The predicted molar refractivity (Wildman–Crippen MR) is 101 cm³/mol. The Morgan fingerprint density at radius 1 is 1.04 bits per heavy atom. The molecule has 0 spiro atoms. The first-order valence-electron chi connectivity index (χ1n) is 8.31. The molecule has 0 aliphatic carbocycles. The van der Waals surface area contributed by atoms with E-state index < -0.39 is 0 Å². The van der Waals surface area contributed by atoms with Crippen LogP contribution in [0.25, 0.3) is 0 Å². The van der Waals surface area contributed by atoms with Gasteiger partial charge in [0, 0.05) is 12.4 Å². The lowest BCUT2D eigenvalue weighted by molar-refractivity contribution is -0.117. The number of amides is 1. The lowest BCUT2D eigenvalue weighted by Gasteiger charge is -2.37. The van der Waals surface area contributed by atoms with E-state index in [9.17, 15) is 4.79 Å². The highest BCUT2D eigenvalue weighted by atomic mass is 32.2. The predicted octanol–water partition coefficient (Wildman–Crippen LogP) is 3.74. The van der Waals surface area contributed by atoms with Crippen molar-refractivity contribution >= 4 is 23.4 Å². The maximum atomic E-state index is 13.1. The molecule has 0 fully saturated rings. The Bertz CT molecular complexity index is 890. The molecule has 5 nitrogen and oxygen atoms in total. The van der Waals surface area contributed by atoms with Crippen LogP contribution in [0.4, 0.5) is 5.69 Å². The second-order valence-electron chi connectivity index (χ2n) is 5.79. The zero-order valence-electron chi connectivity index (χ0n) is 14.0. The Labute approximate surface area is 156 Å². The number of carbonyl (C=O) groups excluding carboxylic acids is 1. The van der Waals surface area contributed by atoms with Gasteiger partial charge in [0.1, 0.15) is 12.4 Å². The van der Waals surface area contributed by atoms with Gasteiger partial charge in [-0.3, -0.25) is 9.69 Å². The van der Waals surface area contributed by atoms with E-state index in [4.69, 9.17) is 4.74 Å². The fourth-order valence-corrected chi connectivity index (χ4v) is 3.64. The molecule has 1 aromatic heterocycles. The van der Waals surface area contributed by atoms with E-state index in [-0.39, 0.29) is 17.7 Å². The van der Waals surface area contributed by atoms with Gasteiger partial charge in [0.15, 0.2) is 5.16 Å². The lowest BCUT2D eigenvalue weighted by Crippen LogP contribution is -2.42. The third-order valence-corrected chi connectivity index (χ3v) is 5.01. The molecule has 0 unspecified atom stereocenters. The average Bonchev–Trinajstić information content (AvgIpc) is 2.72. The summed E-state index contributed by atoms with van der Waals surface area (Å²) < 4.78 is 5.91. The molecule has 0 radical (unpaired) electrons. The van der Waals surface area contributed by atoms with Gasteiger partial charge >= 0.3 is 0 Å². The number of ether oxygens (including phenoxy) is 1. The van der Waals surface area contributed by atoms with E-state index >= 15 is 0 Å². The van der Waals surface area contributed by atoms with Crippen molar-refractivity contribution in [2.24, 2.45) is 0 Å². The van der Waals surface area contributed by atoms with Gasteiger partial charge in [-0.05, 0) is 23.8 Å². The van der Waals surface area contributed by atoms with Crippen LogP contribution in [-0.4, -0.2) is 28.2 Å². The van der Waals surface area contributed by atoms with Crippen LogP contribution in [-0.2, 0) is 4.79 Å². The summed E-state index contributed by atoms with van der Waals surface area (Å²) in [5, 5.41) is 0.596. The molecule has 26 heavy (non-hydrogen) atoms. The van der Waals surface area contributed by atoms with Crippen molar-refractivity contribution in [1.82, 2.24) is 9.97 Å². The van der Waals surface area contributed by atoms with Crippen LogP contribution in [0.1, 0.15) is 11.6 Å². The summed E-state index contributed by atoms with van der Waals surface area (Å²) in [6, 6.07) is 19.2. The standard InChI is InChI=1S/C20H17N3O2S/c24-19(14-26-20-21-11-6-12-22-20)23-16-9-4-5-10-18(16)25-13-17(23)15-7-2-1-3-8-15/h1-12,17H,13-14H2/t17-/m0/s1. The number of fused-ring (bicyclic) bond motifs is 1. The quantitative estimate of drug-likeness (QED) is 0.522. The van der Waals surface area contributed by atoms with E-state index in [1.807, 2.05) is 59.5 Å².